The number of benzene rings is 4. The van der Waals surface area contributed by atoms with Crippen LogP contribution >= 0.6 is 39.1 Å². The molecule has 0 aliphatic heterocycles. The van der Waals surface area contributed by atoms with Crippen LogP contribution in [0.1, 0.15) is 25.0 Å². The molecule has 0 spiro atoms. The van der Waals surface area contributed by atoms with Crippen molar-refractivity contribution >= 4 is 66.7 Å². The van der Waals surface area contributed by atoms with E-state index in [4.69, 9.17) is 23.2 Å². The Hall–Kier alpha value is -3.37. The molecule has 4 rings (SSSR count). The van der Waals surface area contributed by atoms with Crippen LogP contribution in [0.2, 0.25) is 10.0 Å². The molecule has 1 N–H and O–H groups in total. The Labute approximate surface area is 277 Å². The molecule has 0 unspecified atom stereocenters. The van der Waals surface area contributed by atoms with Crippen LogP contribution < -0.4 is 9.62 Å². The number of rotatable bonds is 12. The molecule has 1 atom stereocenters. The first-order chi connectivity index (χ1) is 21.0. The van der Waals surface area contributed by atoms with Crippen LogP contribution in [-0.4, -0.2) is 43.8 Å². The van der Waals surface area contributed by atoms with E-state index in [1.165, 1.54) is 29.2 Å². The molecule has 0 aliphatic rings. The lowest BCUT2D eigenvalue weighted by atomic mass is 10.0. The monoisotopic (exact) mass is 715 g/mol. The minimum atomic E-state index is -4.29. The van der Waals surface area contributed by atoms with Crippen molar-refractivity contribution in [3.05, 3.63) is 129 Å². The maximum absolute atomic E-state index is 14.5. The highest BCUT2D eigenvalue weighted by Gasteiger charge is 2.35. The molecule has 0 aromatic heterocycles. The van der Waals surface area contributed by atoms with E-state index in [2.05, 4.69) is 21.2 Å². The summed E-state index contributed by atoms with van der Waals surface area (Å²) in [7, 11) is -4.29. The van der Waals surface area contributed by atoms with E-state index in [1.54, 1.807) is 24.3 Å². The first-order valence-corrected chi connectivity index (χ1v) is 16.9. The summed E-state index contributed by atoms with van der Waals surface area (Å²) in [4.78, 5) is 29.6. The fourth-order valence-electron chi connectivity index (χ4n) is 4.68. The molecule has 0 aliphatic carbocycles. The summed E-state index contributed by atoms with van der Waals surface area (Å²) in [5.41, 5.74) is 1.64. The van der Waals surface area contributed by atoms with Crippen LogP contribution in [0.5, 0.6) is 0 Å². The predicted octanol–water partition coefficient (Wildman–Crippen LogP) is 7.12. The Morgan fingerprint density at radius 2 is 1.45 bits per heavy atom. The zero-order valence-electron chi connectivity index (χ0n) is 24.2. The second-order valence-electron chi connectivity index (χ2n) is 10.4. The lowest BCUT2D eigenvalue weighted by Gasteiger charge is -2.34. The van der Waals surface area contributed by atoms with Gasteiger partial charge in [-0.25, -0.2) is 8.42 Å². The Morgan fingerprint density at radius 3 is 2.09 bits per heavy atom. The van der Waals surface area contributed by atoms with Gasteiger partial charge < -0.3 is 10.2 Å². The smallest absolute Gasteiger partial charge is 0.264 e. The summed E-state index contributed by atoms with van der Waals surface area (Å²) in [5.74, 6) is -0.953. The molecule has 11 heteroatoms. The normalized spacial score (nSPS) is 12.0. The first kappa shape index (κ1) is 33.5. The average molecular weight is 718 g/mol. The molecule has 0 bridgehead atoms. The molecule has 0 saturated heterocycles. The molecule has 4 aromatic rings. The standard InChI is InChI=1S/C33H32BrCl2N3O4S/c1-23(2)37-33(41)30(20-24-11-5-3-6-12-24)38(21-25-13-9-14-26(34)19-25)31(40)22-39(29-18-10-17-28(35)32(29)36)44(42,43)27-15-7-4-8-16-27/h3-19,23,30H,20-22H2,1-2H3,(H,37,41)/t30-/m1/s1. The van der Waals surface area contributed by atoms with Crippen molar-refractivity contribution in [1.82, 2.24) is 10.2 Å². The van der Waals surface area contributed by atoms with Gasteiger partial charge in [0.15, 0.2) is 0 Å². The minimum absolute atomic E-state index is 0.0154. The number of nitrogens with zero attached hydrogens (tertiary/aromatic N) is 2. The third-order valence-electron chi connectivity index (χ3n) is 6.75. The third kappa shape index (κ3) is 8.41. The van der Waals surface area contributed by atoms with Gasteiger partial charge in [0.05, 0.1) is 20.6 Å². The SMILES string of the molecule is CC(C)NC(=O)[C@@H](Cc1ccccc1)N(Cc1cccc(Br)c1)C(=O)CN(c1cccc(Cl)c1Cl)S(=O)(=O)c1ccccc1. The Morgan fingerprint density at radius 1 is 0.841 bits per heavy atom. The van der Waals surface area contributed by atoms with E-state index >= 15 is 0 Å². The minimum Gasteiger partial charge on any atom is -0.352 e. The number of halogens is 3. The molecule has 44 heavy (non-hydrogen) atoms. The fourth-order valence-corrected chi connectivity index (χ4v) is 7.03. The second kappa shape index (κ2) is 15.1. The number of sulfonamides is 1. The van der Waals surface area contributed by atoms with Crippen molar-refractivity contribution < 1.29 is 18.0 Å². The van der Waals surface area contributed by atoms with Crippen LogP contribution in [0.4, 0.5) is 5.69 Å². The Bertz CT molecular complexity index is 1710. The van der Waals surface area contributed by atoms with E-state index in [1.807, 2.05) is 68.4 Å². The fraction of sp³-hybridized carbons (Fsp3) is 0.212. The number of anilines is 1. The molecule has 0 saturated carbocycles. The molecule has 2 amide bonds. The van der Waals surface area contributed by atoms with Gasteiger partial charge in [0, 0.05) is 23.5 Å². The number of amides is 2. The summed E-state index contributed by atoms with van der Waals surface area (Å²) in [6.45, 7) is 3.09. The van der Waals surface area contributed by atoms with Gasteiger partial charge in [-0.05, 0) is 61.4 Å². The summed E-state index contributed by atoms with van der Waals surface area (Å²) in [6, 6.07) is 28.0. The van der Waals surface area contributed by atoms with E-state index < -0.39 is 28.5 Å². The maximum Gasteiger partial charge on any atom is 0.264 e. The van der Waals surface area contributed by atoms with E-state index in [0.29, 0.717) is 0 Å². The quantitative estimate of drug-likeness (QED) is 0.169. The zero-order chi connectivity index (χ0) is 31.9. The third-order valence-corrected chi connectivity index (χ3v) is 9.83. The van der Waals surface area contributed by atoms with Crippen molar-refractivity contribution in [2.24, 2.45) is 0 Å². The Balaban J connectivity index is 1.83. The number of hydrogen-bond acceptors (Lipinski definition) is 4. The lowest BCUT2D eigenvalue weighted by molar-refractivity contribution is -0.140. The lowest BCUT2D eigenvalue weighted by Crippen LogP contribution is -2.54. The van der Waals surface area contributed by atoms with Gasteiger partial charge in [-0.15, -0.1) is 0 Å². The van der Waals surface area contributed by atoms with Crippen LogP contribution in [0.25, 0.3) is 0 Å². The van der Waals surface area contributed by atoms with E-state index in [0.717, 1.165) is 19.9 Å². The van der Waals surface area contributed by atoms with Crippen molar-refractivity contribution in [2.75, 3.05) is 10.8 Å². The largest absolute Gasteiger partial charge is 0.352 e. The molecular formula is C33H32BrCl2N3O4S. The van der Waals surface area contributed by atoms with Crippen LogP contribution in [0.15, 0.2) is 112 Å². The highest BCUT2D eigenvalue weighted by Crippen LogP contribution is 2.35. The molecule has 0 radical (unpaired) electrons. The van der Waals surface area contributed by atoms with Gasteiger partial charge in [0.25, 0.3) is 10.0 Å². The maximum atomic E-state index is 14.5. The van der Waals surface area contributed by atoms with Crippen LogP contribution in [-0.2, 0) is 32.6 Å². The number of carbonyl (C=O) groups is 2. The van der Waals surface area contributed by atoms with Gasteiger partial charge in [-0.1, -0.05) is 106 Å². The second-order valence-corrected chi connectivity index (χ2v) is 14.0. The van der Waals surface area contributed by atoms with Gasteiger partial charge >= 0.3 is 0 Å². The van der Waals surface area contributed by atoms with Crippen molar-refractivity contribution in [2.45, 2.75) is 43.8 Å². The number of carbonyl (C=O) groups excluding carboxylic acids is 2. The predicted molar refractivity (Wildman–Crippen MR) is 179 cm³/mol. The summed E-state index contributed by atoms with van der Waals surface area (Å²) >= 11 is 16.3. The van der Waals surface area contributed by atoms with Crippen molar-refractivity contribution in [3.8, 4) is 0 Å². The number of nitrogens with one attached hydrogen (secondary N) is 1. The van der Waals surface area contributed by atoms with Gasteiger partial charge in [-0.3, -0.25) is 13.9 Å². The van der Waals surface area contributed by atoms with Gasteiger partial charge in [0.2, 0.25) is 11.8 Å². The van der Waals surface area contributed by atoms with Gasteiger partial charge in [0.1, 0.15) is 12.6 Å². The van der Waals surface area contributed by atoms with Crippen LogP contribution in [0, 0.1) is 0 Å². The molecule has 7 nitrogen and oxygen atoms in total. The molecule has 0 heterocycles. The molecule has 0 fully saturated rings. The van der Waals surface area contributed by atoms with E-state index in [-0.39, 0.29) is 45.5 Å². The first-order valence-electron chi connectivity index (χ1n) is 13.9. The highest BCUT2D eigenvalue weighted by molar-refractivity contribution is 9.10. The van der Waals surface area contributed by atoms with Crippen molar-refractivity contribution in [3.63, 3.8) is 0 Å². The summed E-state index contributed by atoms with van der Waals surface area (Å²) in [5, 5.41) is 3.06. The van der Waals surface area contributed by atoms with Crippen molar-refractivity contribution in [1.29, 1.82) is 0 Å². The highest BCUT2D eigenvalue weighted by atomic mass is 79.9. The molecule has 4 aromatic carbocycles. The van der Waals surface area contributed by atoms with Crippen LogP contribution in [0.3, 0.4) is 0 Å². The molecule has 230 valence electrons. The van der Waals surface area contributed by atoms with Gasteiger partial charge in [-0.2, -0.15) is 0 Å². The number of hydrogen-bond donors (Lipinski definition) is 1. The topological polar surface area (TPSA) is 86.8 Å². The Kier molecular flexibility index (Phi) is 11.5. The zero-order valence-corrected chi connectivity index (χ0v) is 28.1. The summed E-state index contributed by atoms with van der Waals surface area (Å²) in [6.07, 6.45) is 0.211. The van der Waals surface area contributed by atoms with E-state index in [9.17, 15) is 18.0 Å². The summed E-state index contributed by atoms with van der Waals surface area (Å²) < 4.78 is 29.9. The average Bonchev–Trinajstić information content (AvgIpc) is 2.99. The molecular weight excluding hydrogens is 685 g/mol.